The number of hydrogen-bond acceptors (Lipinski definition) is 2. The Morgan fingerprint density at radius 3 is 3.00 bits per heavy atom. The molecule has 1 N–H and O–H groups in total. The van der Waals surface area contributed by atoms with E-state index in [1.807, 2.05) is 30.3 Å². The molecule has 0 saturated heterocycles. The van der Waals surface area contributed by atoms with E-state index in [4.69, 9.17) is 0 Å². The van der Waals surface area contributed by atoms with Crippen molar-refractivity contribution in [3.63, 3.8) is 0 Å². The number of nitrogens with zero attached hydrogens (tertiary/aromatic N) is 3. The molecule has 0 amide bonds. The number of pyridine rings is 1. The molecule has 4 heteroatoms. The molecule has 0 aliphatic rings. The molecule has 0 saturated carbocycles. The molecule has 0 aliphatic carbocycles. The Kier molecular flexibility index (Phi) is 1.73. The molecule has 2 heterocycles. The van der Waals surface area contributed by atoms with Crippen LogP contribution in [0, 0.1) is 0 Å². The van der Waals surface area contributed by atoms with Crippen LogP contribution in [0.5, 0.6) is 5.75 Å². The van der Waals surface area contributed by atoms with E-state index in [2.05, 4.69) is 4.98 Å². The van der Waals surface area contributed by atoms with Gasteiger partial charge in [-0.3, -0.25) is 0 Å². The van der Waals surface area contributed by atoms with Crippen molar-refractivity contribution >= 4 is 0 Å². The summed E-state index contributed by atoms with van der Waals surface area (Å²) >= 11 is 0. The Morgan fingerprint density at radius 2 is 2.38 bits per heavy atom. The van der Waals surface area contributed by atoms with Crippen LogP contribution in [0.3, 0.4) is 0 Å². The van der Waals surface area contributed by atoms with E-state index in [1.54, 1.807) is 22.9 Å². The molecule has 0 bridgehead atoms. The maximum absolute atomic E-state index is 9.48. The van der Waals surface area contributed by atoms with Gasteiger partial charge in [0.15, 0.2) is 5.75 Å². The largest absolute Gasteiger partial charge is 0.503 e. The lowest BCUT2D eigenvalue weighted by molar-refractivity contribution is -0.670. The van der Waals surface area contributed by atoms with E-state index >= 15 is 0 Å². The highest BCUT2D eigenvalue weighted by molar-refractivity contribution is 5.37. The highest BCUT2D eigenvalue weighted by Gasteiger charge is 2.09. The zero-order valence-electron chi connectivity index (χ0n) is 7.25. The molecule has 66 valence electrons. The molecular weight excluding hydrogens is 166 g/mol. The fourth-order valence-electron chi connectivity index (χ4n) is 1.16. The molecule has 0 aliphatic heterocycles. The lowest BCUT2D eigenvalue weighted by Crippen LogP contribution is -2.23. The number of aromatic nitrogens is 3. The summed E-state index contributed by atoms with van der Waals surface area (Å²) < 4.78 is 3.64. The molecule has 4 nitrogen and oxygen atoms in total. The molecule has 0 radical (unpaired) electrons. The second-order valence-electron chi connectivity index (χ2n) is 2.83. The van der Waals surface area contributed by atoms with Gasteiger partial charge in [0.05, 0.1) is 7.05 Å². The van der Waals surface area contributed by atoms with Crippen LogP contribution in [0.1, 0.15) is 0 Å². The third kappa shape index (κ3) is 1.38. The number of aryl methyl sites for hydroxylation is 1. The Labute approximate surface area is 75.7 Å². The SMILES string of the molecule is C[n+]1ccn(-c2ncccc2O)c1. The highest BCUT2D eigenvalue weighted by atomic mass is 16.3. The number of imidazole rings is 1. The molecule has 0 atom stereocenters. The van der Waals surface area contributed by atoms with Crippen molar-refractivity contribution in [2.45, 2.75) is 0 Å². The highest BCUT2D eigenvalue weighted by Crippen LogP contribution is 2.16. The van der Waals surface area contributed by atoms with Crippen LogP contribution >= 0.6 is 0 Å². The molecule has 13 heavy (non-hydrogen) atoms. The first-order valence-electron chi connectivity index (χ1n) is 3.95. The monoisotopic (exact) mass is 176 g/mol. The average molecular weight is 176 g/mol. The predicted molar refractivity (Wildman–Crippen MR) is 46.4 cm³/mol. The van der Waals surface area contributed by atoms with Crippen molar-refractivity contribution < 1.29 is 9.67 Å². The van der Waals surface area contributed by atoms with Crippen LogP contribution in [-0.4, -0.2) is 14.7 Å². The Bertz CT molecular complexity index is 422. The molecule has 2 aromatic heterocycles. The number of aromatic hydroxyl groups is 1. The summed E-state index contributed by atoms with van der Waals surface area (Å²) in [5.41, 5.74) is 0. The second kappa shape index (κ2) is 2.90. The smallest absolute Gasteiger partial charge is 0.268 e. The van der Waals surface area contributed by atoms with Crippen LogP contribution in [-0.2, 0) is 7.05 Å². The normalized spacial score (nSPS) is 10.2. The molecule has 2 rings (SSSR count). The summed E-state index contributed by atoms with van der Waals surface area (Å²) in [6.07, 6.45) is 7.20. The Balaban J connectivity index is 2.52. The van der Waals surface area contributed by atoms with Crippen LogP contribution in [0.4, 0.5) is 0 Å². The third-order valence-electron chi connectivity index (χ3n) is 1.78. The summed E-state index contributed by atoms with van der Waals surface area (Å²) in [6, 6.07) is 3.31. The van der Waals surface area contributed by atoms with Crippen molar-refractivity contribution in [2.75, 3.05) is 0 Å². The van der Waals surface area contributed by atoms with Crippen LogP contribution in [0.2, 0.25) is 0 Å². The van der Waals surface area contributed by atoms with E-state index < -0.39 is 0 Å². The first-order valence-corrected chi connectivity index (χ1v) is 3.95. The molecule has 0 fully saturated rings. The van der Waals surface area contributed by atoms with Crippen molar-refractivity contribution in [1.29, 1.82) is 0 Å². The predicted octanol–water partition coefficient (Wildman–Crippen LogP) is 0.402. The van der Waals surface area contributed by atoms with Crippen molar-refractivity contribution in [2.24, 2.45) is 7.05 Å². The zero-order chi connectivity index (χ0) is 9.26. The zero-order valence-corrected chi connectivity index (χ0v) is 7.25. The number of hydrogen-bond donors (Lipinski definition) is 1. The summed E-state index contributed by atoms with van der Waals surface area (Å²) in [5.74, 6) is 0.724. The van der Waals surface area contributed by atoms with Gasteiger partial charge in [0, 0.05) is 6.20 Å². The minimum absolute atomic E-state index is 0.179. The van der Waals surface area contributed by atoms with Gasteiger partial charge >= 0.3 is 0 Å². The summed E-state index contributed by atoms with van der Waals surface area (Å²) in [4.78, 5) is 4.06. The van der Waals surface area contributed by atoms with Crippen LogP contribution in [0.15, 0.2) is 37.1 Å². The minimum atomic E-state index is 0.179. The average Bonchev–Trinajstić information content (AvgIpc) is 2.53. The fraction of sp³-hybridized carbons (Fsp3) is 0.111. The summed E-state index contributed by atoms with van der Waals surface area (Å²) in [7, 11) is 1.91. The van der Waals surface area contributed by atoms with Crippen molar-refractivity contribution in [3.05, 3.63) is 37.1 Å². The van der Waals surface area contributed by atoms with E-state index in [9.17, 15) is 5.11 Å². The van der Waals surface area contributed by atoms with Gasteiger partial charge in [-0.15, -0.1) is 0 Å². The van der Waals surface area contributed by atoms with E-state index in [0.717, 1.165) is 0 Å². The summed E-state index contributed by atoms with van der Waals surface area (Å²) in [6.45, 7) is 0. The third-order valence-corrected chi connectivity index (χ3v) is 1.78. The lowest BCUT2D eigenvalue weighted by atomic mass is 10.4. The lowest BCUT2D eigenvalue weighted by Gasteiger charge is -1.95. The van der Waals surface area contributed by atoms with Crippen molar-refractivity contribution in [1.82, 2.24) is 9.55 Å². The van der Waals surface area contributed by atoms with E-state index in [1.165, 1.54) is 0 Å². The molecular formula is C9H10N3O+. The first kappa shape index (κ1) is 7.79. The first-order chi connectivity index (χ1) is 6.27. The van der Waals surface area contributed by atoms with Gasteiger partial charge < -0.3 is 5.11 Å². The maximum Gasteiger partial charge on any atom is 0.268 e. The van der Waals surface area contributed by atoms with Gasteiger partial charge in [0.25, 0.3) is 5.82 Å². The molecule has 0 unspecified atom stereocenters. The molecule has 0 aromatic carbocycles. The van der Waals surface area contributed by atoms with Crippen LogP contribution in [0.25, 0.3) is 5.82 Å². The van der Waals surface area contributed by atoms with Crippen LogP contribution < -0.4 is 4.57 Å². The van der Waals surface area contributed by atoms with E-state index in [-0.39, 0.29) is 5.75 Å². The van der Waals surface area contributed by atoms with E-state index in [0.29, 0.717) is 5.82 Å². The summed E-state index contributed by atoms with van der Waals surface area (Å²) in [5, 5.41) is 9.48. The topological polar surface area (TPSA) is 41.9 Å². The van der Waals surface area contributed by atoms with Gasteiger partial charge in [-0.1, -0.05) is 0 Å². The van der Waals surface area contributed by atoms with Crippen molar-refractivity contribution in [3.8, 4) is 11.6 Å². The second-order valence-corrected chi connectivity index (χ2v) is 2.83. The fourth-order valence-corrected chi connectivity index (χ4v) is 1.16. The van der Waals surface area contributed by atoms with Gasteiger partial charge in [0.1, 0.15) is 12.4 Å². The number of rotatable bonds is 1. The molecule has 0 spiro atoms. The molecule has 2 aromatic rings. The Hall–Kier alpha value is -1.84. The van der Waals surface area contributed by atoms with Gasteiger partial charge in [-0.05, 0) is 12.1 Å². The van der Waals surface area contributed by atoms with Gasteiger partial charge in [0.2, 0.25) is 6.33 Å². The Morgan fingerprint density at radius 1 is 1.54 bits per heavy atom. The maximum atomic E-state index is 9.48. The minimum Gasteiger partial charge on any atom is -0.503 e. The van der Waals surface area contributed by atoms with Gasteiger partial charge in [-0.25, -0.2) is 9.55 Å². The van der Waals surface area contributed by atoms with Gasteiger partial charge in [-0.2, -0.15) is 4.57 Å². The quantitative estimate of drug-likeness (QED) is 0.639. The standard InChI is InChI=1S/C9H9N3O/c1-11-5-6-12(7-11)9-8(13)3-2-4-10-9/h2-7H,1H3/p+1.